The van der Waals surface area contributed by atoms with Gasteiger partial charge in [-0.1, -0.05) is 31.4 Å². The molecule has 1 aliphatic heterocycles. The van der Waals surface area contributed by atoms with Gasteiger partial charge in [-0.3, -0.25) is 14.4 Å². The maximum absolute atomic E-state index is 14.6. The molecule has 0 radical (unpaired) electrons. The van der Waals surface area contributed by atoms with E-state index in [-0.39, 0.29) is 23.4 Å². The summed E-state index contributed by atoms with van der Waals surface area (Å²) in [6.45, 7) is -0.969. The molecule has 1 unspecified atom stereocenters. The van der Waals surface area contributed by atoms with Crippen molar-refractivity contribution in [1.82, 2.24) is 10.2 Å². The molecule has 1 aliphatic carbocycles. The predicted molar refractivity (Wildman–Crippen MR) is 160 cm³/mol. The zero-order chi connectivity index (χ0) is 45.2. The lowest BCUT2D eigenvalue weighted by Gasteiger charge is -2.42. The van der Waals surface area contributed by atoms with Crippen LogP contribution in [-0.4, -0.2) is 90.6 Å². The van der Waals surface area contributed by atoms with Crippen LogP contribution in [0.3, 0.4) is 0 Å². The number of fused-ring (bicyclic) bond motifs is 1. The van der Waals surface area contributed by atoms with E-state index in [0.717, 1.165) is 24.6 Å². The number of hydrogen-bond acceptors (Lipinski definition) is 6. The lowest BCUT2D eigenvalue weighted by molar-refractivity contribution is -0.458. The second kappa shape index (κ2) is 15.1. The number of rotatable bonds is 13. The van der Waals surface area contributed by atoms with Crippen molar-refractivity contribution in [3.63, 3.8) is 0 Å². The molecule has 2 aromatic carbocycles. The van der Waals surface area contributed by atoms with Gasteiger partial charge in [-0.05, 0) is 48.7 Å². The first-order valence-electron chi connectivity index (χ1n) is 16.1. The van der Waals surface area contributed by atoms with Gasteiger partial charge in [-0.25, -0.2) is 4.39 Å². The van der Waals surface area contributed by atoms with E-state index in [1.54, 1.807) is 0 Å². The molecule has 0 spiro atoms. The summed E-state index contributed by atoms with van der Waals surface area (Å²) in [7, 11) is -7.98. The quantitative estimate of drug-likeness (QED) is 0.155. The molecule has 1 saturated carbocycles. The van der Waals surface area contributed by atoms with Gasteiger partial charge in [-0.2, -0.15) is 83.1 Å². The van der Waals surface area contributed by atoms with Gasteiger partial charge >= 0.3 is 57.1 Å². The number of alkyl halides is 17. The molecular formula is C31H23F18N3O6S. The van der Waals surface area contributed by atoms with Crippen LogP contribution in [0, 0.1) is 5.82 Å². The Bertz CT molecular complexity index is 2060. The minimum absolute atomic E-state index is 0.161. The summed E-state index contributed by atoms with van der Waals surface area (Å²) < 4.78 is 275. The fourth-order valence-corrected chi connectivity index (χ4v) is 6.69. The SMILES string of the molecule is O=C1CN(C(C(=O)NC2CCCCC2)c2ccc(OS(=O)(=O)C(F)(F)C(F)(F)C(F)(F)C(F)(F)C(F)(F)C(F)(F)C(F)(F)C(F)(F)F)cc2)C(=O)c2ccc(F)cc2N1. The summed E-state index contributed by atoms with van der Waals surface area (Å²) in [6, 6.07) is 1.30. The molecule has 2 aromatic rings. The zero-order valence-corrected chi connectivity index (χ0v) is 29.4. The largest absolute Gasteiger partial charge is 0.460 e. The van der Waals surface area contributed by atoms with Crippen LogP contribution in [0.2, 0.25) is 0 Å². The Labute approximate surface area is 318 Å². The zero-order valence-electron chi connectivity index (χ0n) is 28.5. The topological polar surface area (TPSA) is 122 Å². The van der Waals surface area contributed by atoms with Crippen LogP contribution in [0.25, 0.3) is 0 Å². The predicted octanol–water partition coefficient (Wildman–Crippen LogP) is 8.09. The molecule has 2 aliphatic rings. The highest BCUT2D eigenvalue weighted by molar-refractivity contribution is 7.88. The lowest BCUT2D eigenvalue weighted by Crippen LogP contribution is -2.75. The Hall–Kier alpha value is -4.66. The molecule has 0 saturated heterocycles. The van der Waals surface area contributed by atoms with Crippen LogP contribution in [0.15, 0.2) is 42.5 Å². The van der Waals surface area contributed by atoms with E-state index >= 15 is 0 Å². The number of carbonyl (C=O) groups is 3. The standard InChI is InChI=1S/C31H23F18N3O6S/c32-15-8-11-18-19(12-15)51-20(53)13-52(23(18)55)21(22(54)50-16-4-2-1-3-5-16)14-6-9-17(10-7-14)58-59(56,57)31(48,49)29(43,44)27(39,40)25(35,36)24(33,34)26(37,38)28(41,42)30(45,46)47/h6-12,16,21H,1-5,13H2,(H,50,54)(H,51,53). The summed E-state index contributed by atoms with van der Waals surface area (Å²) in [5.41, 5.74) is -1.24. The first-order chi connectivity index (χ1) is 26.6. The molecule has 9 nitrogen and oxygen atoms in total. The third-order valence-corrected chi connectivity index (χ3v) is 10.3. The molecule has 1 fully saturated rings. The summed E-state index contributed by atoms with van der Waals surface area (Å²) in [6.07, 6.45) is -5.15. The van der Waals surface area contributed by atoms with Crippen molar-refractivity contribution in [1.29, 1.82) is 0 Å². The second-order valence-corrected chi connectivity index (χ2v) is 14.6. The normalized spacial score (nSPS) is 17.8. The van der Waals surface area contributed by atoms with Crippen LogP contribution < -0.4 is 14.8 Å². The molecule has 1 heterocycles. The van der Waals surface area contributed by atoms with Gasteiger partial charge in [0, 0.05) is 6.04 Å². The van der Waals surface area contributed by atoms with Crippen LogP contribution in [0.1, 0.15) is 54.1 Å². The maximum Gasteiger partial charge on any atom is 0.460 e. The maximum atomic E-state index is 14.6. The molecule has 1 atom stereocenters. The molecule has 4 rings (SSSR count). The van der Waals surface area contributed by atoms with Gasteiger partial charge in [0.05, 0.1) is 11.3 Å². The van der Waals surface area contributed by atoms with Crippen LogP contribution in [0.4, 0.5) is 84.7 Å². The third kappa shape index (κ3) is 7.68. The molecule has 330 valence electrons. The van der Waals surface area contributed by atoms with Crippen molar-refractivity contribution >= 4 is 33.5 Å². The van der Waals surface area contributed by atoms with Crippen molar-refractivity contribution in [3.05, 3.63) is 59.4 Å². The fraction of sp³-hybridized carbons (Fsp3) is 0.516. The van der Waals surface area contributed by atoms with Crippen LogP contribution in [0.5, 0.6) is 5.75 Å². The minimum Gasteiger partial charge on any atom is -0.378 e. The van der Waals surface area contributed by atoms with E-state index in [0.29, 0.717) is 42.7 Å². The highest BCUT2D eigenvalue weighted by Crippen LogP contribution is 2.64. The van der Waals surface area contributed by atoms with Crippen molar-refractivity contribution < 1.29 is 106 Å². The Morgan fingerprint density at radius 3 is 1.71 bits per heavy atom. The fourth-order valence-electron chi connectivity index (χ4n) is 5.78. The molecule has 3 amide bonds. The van der Waals surface area contributed by atoms with Crippen molar-refractivity contribution in [2.75, 3.05) is 11.9 Å². The number of nitrogens with one attached hydrogen (secondary N) is 2. The average molecular weight is 908 g/mol. The Balaban J connectivity index is 1.70. The lowest BCUT2D eigenvalue weighted by atomic mass is 9.91. The van der Waals surface area contributed by atoms with Gasteiger partial charge in [0.1, 0.15) is 24.2 Å². The first kappa shape index (κ1) is 47.0. The van der Waals surface area contributed by atoms with E-state index < -0.39 is 111 Å². The number of anilines is 1. The van der Waals surface area contributed by atoms with Gasteiger partial charge in [0.15, 0.2) is 0 Å². The minimum atomic E-state index is -9.04. The van der Waals surface area contributed by atoms with E-state index in [4.69, 9.17) is 0 Å². The molecule has 0 aromatic heterocycles. The summed E-state index contributed by atoms with van der Waals surface area (Å²) in [4.78, 5) is 40.6. The third-order valence-electron chi connectivity index (χ3n) is 8.98. The number of nitrogens with zero attached hydrogens (tertiary/aromatic N) is 1. The monoisotopic (exact) mass is 907 g/mol. The van der Waals surface area contributed by atoms with Crippen LogP contribution >= 0.6 is 0 Å². The molecule has 59 heavy (non-hydrogen) atoms. The smallest absolute Gasteiger partial charge is 0.378 e. The second-order valence-electron chi connectivity index (χ2n) is 13.0. The van der Waals surface area contributed by atoms with E-state index in [1.165, 1.54) is 0 Å². The van der Waals surface area contributed by atoms with Crippen molar-refractivity contribution in [2.45, 2.75) is 91.2 Å². The average Bonchev–Trinajstić information content (AvgIpc) is 3.22. The number of carbonyl (C=O) groups excluding carboxylic acids is 3. The Morgan fingerprint density at radius 1 is 0.712 bits per heavy atom. The van der Waals surface area contributed by atoms with Gasteiger partial charge in [0.2, 0.25) is 11.8 Å². The van der Waals surface area contributed by atoms with E-state index in [2.05, 4.69) is 14.8 Å². The highest BCUT2D eigenvalue weighted by atomic mass is 32.2. The van der Waals surface area contributed by atoms with Gasteiger partial charge < -0.3 is 19.7 Å². The van der Waals surface area contributed by atoms with E-state index in [1.807, 2.05) is 0 Å². The number of amides is 3. The van der Waals surface area contributed by atoms with Gasteiger partial charge in [-0.15, -0.1) is 0 Å². The van der Waals surface area contributed by atoms with Gasteiger partial charge in [0.25, 0.3) is 5.91 Å². The number of halogens is 18. The molecule has 0 bridgehead atoms. The molecule has 2 N–H and O–H groups in total. The molecular weight excluding hydrogens is 884 g/mol. The summed E-state index contributed by atoms with van der Waals surface area (Å²) in [5.74, 6) is -58.6. The highest BCUT2D eigenvalue weighted by Gasteiger charge is 2.96. The van der Waals surface area contributed by atoms with Crippen molar-refractivity contribution in [3.8, 4) is 5.75 Å². The Morgan fingerprint density at radius 2 is 1.20 bits per heavy atom. The van der Waals surface area contributed by atoms with E-state index in [9.17, 15) is 102 Å². The summed E-state index contributed by atoms with van der Waals surface area (Å²) in [5, 5.41) is -3.15. The number of hydrogen-bond donors (Lipinski definition) is 2. The van der Waals surface area contributed by atoms with Crippen molar-refractivity contribution in [2.24, 2.45) is 0 Å². The Kier molecular flexibility index (Phi) is 12.0. The molecule has 28 heteroatoms. The van der Waals surface area contributed by atoms with Crippen LogP contribution in [-0.2, 0) is 19.7 Å². The summed E-state index contributed by atoms with van der Waals surface area (Å²) >= 11 is 0. The number of benzene rings is 2. The first-order valence-corrected chi connectivity index (χ1v) is 17.5.